The van der Waals surface area contributed by atoms with Gasteiger partial charge in [0.05, 0.1) is 19.7 Å². The smallest absolute Gasteiger partial charge is 0.326 e. The monoisotopic (exact) mass is 610 g/mol. The molecule has 13 nitrogen and oxygen atoms in total. The second-order valence-electron chi connectivity index (χ2n) is 11.1. The van der Waals surface area contributed by atoms with Crippen molar-refractivity contribution in [1.82, 2.24) is 0 Å². The van der Waals surface area contributed by atoms with Gasteiger partial charge in [0.25, 0.3) is 11.4 Å². The maximum atomic E-state index is 12.5. The van der Waals surface area contributed by atoms with Crippen LogP contribution in [0.4, 0.5) is 22.7 Å². The third kappa shape index (κ3) is 5.44. The lowest BCUT2D eigenvalue weighted by Crippen LogP contribution is -2.05. The van der Waals surface area contributed by atoms with E-state index >= 15 is 0 Å². The number of fused-ring (bicyclic) bond motifs is 2. The van der Waals surface area contributed by atoms with Crippen molar-refractivity contribution in [2.45, 2.75) is 51.4 Å². The molecule has 13 heteroatoms. The maximum Gasteiger partial charge on any atom is 0.326 e. The number of nitro groups is 4. The van der Waals surface area contributed by atoms with E-state index in [4.69, 9.17) is 4.74 Å². The molecule has 228 valence electrons. The van der Waals surface area contributed by atoms with E-state index in [1.165, 1.54) is 0 Å². The molecule has 0 bridgehead atoms. The highest BCUT2D eigenvalue weighted by Gasteiger charge is 2.36. The summed E-state index contributed by atoms with van der Waals surface area (Å²) in [5, 5.41) is 49.2. The van der Waals surface area contributed by atoms with Gasteiger partial charge >= 0.3 is 11.4 Å². The molecule has 0 heterocycles. The Labute approximate surface area is 255 Å². The third-order valence-corrected chi connectivity index (χ3v) is 8.49. The van der Waals surface area contributed by atoms with Gasteiger partial charge in [-0.15, -0.1) is 0 Å². The highest BCUT2D eigenvalue weighted by molar-refractivity contribution is 5.88. The first-order valence-electron chi connectivity index (χ1n) is 14.5. The van der Waals surface area contributed by atoms with Gasteiger partial charge in [-0.3, -0.25) is 40.5 Å². The first-order valence-corrected chi connectivity index (χ1v) is 14.5. The van der Waals surface area contributed by atoms with E-state index in [1.807, 2.05) is 0 Å². The minimum atomic E-state index is -0.821. The first-order chi connectivity index (χ1) is 21.6. The van der Waals surface area contributed by atoms with E-state index in [9.17, 15) is 40.5 Å². The standard InChI is InChI=1S/C32H26N4O9/c37-33(38)25-13-15-27(31(35(41)42)29(25)23-11-9-19-5-1-3-7-21(19)17-23)45-28-16-14-26(34(39)40)30(32(28)36(43)44)24-12-10-20-6-2-4-8-22(20)18-24/h9-18H,1-8H2. The average Bonchev–Trinajstić information content (AvgIpc) is 3.03. The Bertz CT molecular complexity index is 1780. The summed E-state index contributed by atoms with van der Waals surface area (Å²) in [5.74, 6) is -0.960. The summed E-state index contributed by atoms with van der Waals surface area (Å²) in [7, 11) is 0. The second-order valence-corrected chi connectivity index (χ2v) is 11.1. The van der Waals surface area contributed by atoms with Gasteiger partial charge < -0.3 is 4.74 Å². The van der Waals surface area contributed by atoms with Crippen molar-refractivity contribution in [3.8, 4) is 33.8 Å². The van der Waals surface area contributed by atoms with Gasteiger partial charge in [-0.05, 0) is 96.9 Å². The van der Waals surface area contributed by atoms with Crippen LogP contribution in [0.5, 0.6) is 11.5 Å². The molecule has 6 rings (SSSR count). The fourth-order valence-electron chi connectivity index (χ4n) is 6.42. The van der Waals surface area contributed by atoms with E-state index in [0.29, 0.717) is 0 Å². The van der Waals surface area contributed by atoms with Crippen molar-refractivity contribution in [2.75, 3.05) is 0 Å². The van der Waals surface area contributed by atoms with Gasteiger partial charge in [-0.2, -0.15) is 0 Å². The van der Waals surface area contributed by atoms with E-state index in [1.54, 1.807) is 36.4 Å². The highest BCUT2D eigenvalue weighted by Crippen LogP contribution is 2.50. The Hall–Kier alpha value is -5.72. The number of hydrogen-bond donors (Lipinski definition) is 0. The maximum absolute atomic E-state index is 12.5. The molecule has 0 aliphatic heterocycles. The van der Waals surface area contributed by atoms with Crippen LogP contribution in [0, 0.1) is 40.5 Å². The third-order valence-electron chi connectivity index (χ3n) is 8.49. The lowest BCUT2D eigenvalue weighted by molar-refractivity contribution is -0.394. The number of aryl methyl sites for hydroxylation is 4. The predicted molar refractivity (Wildman–Crippen MR) is 164 cm³/mol. The zero-order valence-electron chi connectivity index (χ0n) is 23.9. The molecule has 0 amide bonds. The molecular formula is C32H26N4O9. The summed E-state index contributed by atoms with van der Waals surface area (Å²) in [6, 6.07) is 14.3. The molecule has 0 atom stereocenters. The van der Waals surface area contributed by atoms with Crippen molar-refractivity contribution < 1.29 is 24.4 Å². The summed E-state index contributed by atoms with van der Waals surface area (Å²) in [6.45, 7) is 0. The molecule has 45 heavy (non-hydrogen) atoms. The minimum Gasteiger partial charge on any atom is -0.443 e. The van der Waals surface area contributed by atoms with Crippen LogP contribution in [0.2, 0.25) is 0 Å². The lowest BCUT2D eigenvalue weighted by Gasteiger charge is -2.18. The zero-order valence-corrected chi connectivity index (χ0v) is 23.9. The fourth-order valence-corrected chi connectivity index (χ4v) is 6.42. The molecule has 2 aliphatic carbocycles. The Morgan fingerprint density at radius 3 is 1.20 bits per heavy atom. The summed E-state index contributed by atoms with van der Waals surface area (Å²) in [5.41, 5.74) is 1.36. The summed E-state index contributed by atoms with van der Waals surface area (Å²) < 4.78 is 5.85. The largest absolute Gasteiger partial charge is 0.443 e. The van der Waals surface area contributed by atoms with Gasteiger partial charge in [0.1, 0.15) is 11.1 Å². The first kappa shape index (κ1) is 29.4. The average molecular weight is 611 g/mol. The van der Waals surface area contributed by atoms with Crippen LogP contribution < -0.4 is 4.74 Å². The van der Waals surface area contributed by atoms with Gasteiger partial charge in [-0.25, -0.2) is 0 Å². The predicted octanol–water partition coefficient (Wildman–Crippen LogP) is 8.20. The fraction of sp³-hybridized carbons (Fsp3) is 0.250. The van der Waals surface area contributed by atoms with Crippen molar-refractivity contribution >= 4 is 22.7 Å². The molecule has 0 saturated carbocycles. The van der Waals surface area contributed by atoms with E-state index < -0.39 is 53.9 Å². The second kappa shape index (κ2) is 11.8. The van der Waals surface area contributed by atoms with E-state index in [-0.39, 0.29) is 22.3 Å². The Morgan fingerprint density at radius 2 is 0.844 bits per heavy atom. The lowest BCUT2D eigenvalue weighted by atomic mass is 9.88. The van der Waals surface area contributed by atoms with Crippen LogP contribution >= 0.6 is 0 Å². The SMILES string of the molecule is O=[N+]([O-])c1ccc(Oc2ccc([N+](=O)[O-])c(-c3ccc4c(c3)CCCC4)c2[N+](=O)[O-])c([N+](=O)[O-])c1-c1ccc2c(c1)CCCC2. The molecule has 0 radical (unpaired) electrons. The Balaban J connectivity index is 1.55. The molecule has 0 N–H and O–H groups in total. The number of ether oxygens (including phenoxy) is 1. The van der Waals surface area contributed by atoms with Gasteiger partial charge in [0, 0.05) is 12.1 Å². The van der Waals surface area contributed by atoms with Crippen LogP contribution in [-0.4, -0.2) is 19.7 Å². The molecule has 4 aromatic rings. The molecule has 2 aliphatic rings. The van der Waals surface area contributed by atoms with E-state index in [0.717, 1.165) is 97.9 Å². The minimum absolute atomic E-state index is 0.243. The molecule has 0 unspecified atom stereocenters. The van der Waals surface area contributed by atoms with Gasteiger partial charge in [0.2, 0.25) is 11.5 Å². The number of nitro benzene ring substituents is 4. The number of rotatable bonds is 8. The quantitative estimate of drug-likeness (QED) is 0.140. The Kier molecular flexibility index (Phi) is 7.67. The molecule has 0 aromatic heterocycles. The summed E-state index contributed by atoms with van der Waals surface area (Å²) in [6.07, 6.45) is 6.94. The normalized spacial score (nSPS) is 13.8. The molecule has 4 aromatic carbocycles. The van der Waals surface area contributed by atoms with Crippen LogP contribution in [0.15, 0.2) is 60.7 Å². The summed E-state index contributed by atoms with van der Waals surface area (Å²) >= 11 is 0. The topological polar surface area (TPSA) is 182 Å². The van der Waals surface area contributed by atoms with Crippen LogP contribution in [0.3, 0.4) is 0 Å². The van der Waals surface area contributed by atoms with Gasteiger partial charge in [0.15, 0.2) is 0 Å². The summed E-state index contributed by atoms with van der Waals surface area (Å²) in [4.78, 5) is 46.1. The number of nitrogens with zero attached hydrogens (tertiary/aromatic N) is 4. The number of hydrogen-bond acceptors (Lipinski definition) is 9. The molecular weight excluding hydrogens is 584 g/mol. The highest BCUT2D eigenvalue weighted by atomic mass is 16.6. The van der Waals surface area contributed by atoms with Crippen molar-refractivity contribution in [2.24, 2.45) is 0 Å². The number of benzene rings is 4. The van der Waals surface area contributed by atoms with Crippen LogP contribution in [0.25, 0.3) is 22.3 Å². The molecule has 0 fully saturated rings. The van der Waals surface area contributed by atoms with Gasteiger partial charge in [-0.1, -0.05) is 36.4 Å². The van der Waals surface area contributed by atoms with Crippen molar-refractivity contribution in [3.63, 3.8) is 0 Å². The molecule has 0 saturated heterocycles. The van der Waals surface area contributed by atoms with Crippen LogP contribution in [-0.2, 0) is 25.7 Å². The van der Waals surface area contributed by atoms with Crippen LogP contribution in [0.1, 0.15) is 47.9 Å². The Morgan fingerprint density at radius 1 is 0.467 bits per heavy atom. The van der Waals surface area contributed by atoms with Crippen molar-refractivity contribution in [1.29, 1.82) is 0 Å². The van der Waals surface area contributed by atoms with Crippen molar-refractivity contribution in [3.05, 3.63) is 123 Å². The van der Waals surface area contributed by atoms with E-state index in [2.05, 4.69) is 0 Å². The zero-order chi connectivity index (χ0) is 31.8. The molecule has 0 spiro atoms.